The van der Waals surface area contributed by atoms with Crippen LogP contribution in [0.25, 0.3) is 6.08 Å². The molecule has 38 heavy (non-hydrogen) atoms. The van der Waals surface area contributed by atoms with E-state index in [1.54, 1.807) is 23.1 Å². The SMILES string of the molecule is COc1cccc(C=C2SC(=O)N(CC(=O)N3CCCCCC3)C2=O)c1OCC(=O)Nc1ccc(F)cc1. The number of halogens is 1. The number of rotatable bonds is 8. The van der Waals surface area contributed by atoms with E-state index in [0.29, 0.717) is 30.1 Å². The number of carbonyl (C=O) groups excluding carboxylic acids is 4. The lowest BCUT2D eigenvalue weighted by atomic mass is 10.1. The highest BCUT2D eigenvalue weighted by Crippen LogP contribution is 2.37. The Morgan fingerprint density at radius 1 is 1.05 bits per heavy atom. The zero-order valence-electron chi connectivity index (χ0n) is 20.9. The number of likely N-dealkylation sites (tertiary alicyclic amines) is 1. The van der Waals surface area contributed by atoms with E-state index >= 15 is 0 Å². The van der Waals surface area contributed by atoms with Gasteiger partial charge in [-0.05, 0) is 61.0 Å². The Bertz CT molecular complexity index is 1240. The van der Waals surface area contributed by atoms with Gasteiger partial charge in [0, 0.05) is 24.3 Å². The van der Waals surface area contributed by atoms with Crippen LogP contribution in [0.15, 0.2) is 47.4 Å². The standard InChI is InChI=1S/C27H28FN3O6S/c1-36-21-8-6-7-18(25(21)37-17-23(32)29-20-11-9-19(28)10-12-20)15-22-26(34)31(27(35)38-22)16-24(33)30-13-4-2-3-5-14-30/h6-12,15H,2-5,13-14,16-17H2,1H3,(H,29,32). The topological polar surface area (TPSA) is 105 Å². The van der Waals surface area contributed by atoms with Crippen molar-refractivity contribution in [2.75, 3.05) is 38.7 Å². The molecule has 2 fully saturated rings. The molecule has 2 heterocycles. The van der Waals surface area contributed by atoms with E-state index in [2.05, 4.69) is 5.32 Å². The zero-order valence-corrected chi connectivity index (χ0v) is 21.7. The van der Waals surface area contributed by atoms with Crippen molar-refractivity contribution < 1.29 is 33.0 Å². The number of para-hydroxylation sites is 1. The molecular weight excluding hydrogens is 513 g/mol. The summed E-state index contributed by atoms with van der Waals surface area (Å²) in [6.07, 6.45) is 5.43. The van der Waals surface area contributed by atoms with Crippen LogP contribution in [0, 0.1) is 5.82 Å². The van der Waals surface area contributed by atoms with E-state index in [4.69, 9.17) is 9.47 Å². The summed E-state index contributed by atoms with van der Waals surface area (Å²) >= 11 is 0.740. The number of nitrogens with zero attached hydrogens (tertiary/aromatic N) is 2. The number of nitrogens with one attached hydrogen (secondary N) is 1. The van der Waals surface area contributed by atoms with Gasteiger partial charge in [-0.1, -0.05) is 25.0 Å². The van der Waals surface area contributed by atoms with Crippen LogP contribution in [0.1, 0.15) is 31.2 Å². The van der Waals surface area contributed by atoms with E-state index < -0.39 is 22.9 Å². The smallest absolute Gasteiger partial charge is 0.294 e. The van der Waals surface area contributed by atoms with Gasteiger partial charge in [0.15, 0.2) is 18.1 Å². The molecule has 1 N–H and O–H groups in total. The fourth-order valence-corrected chi connectivity index (χ4v) is 4.99. The quantitative estimate of drug-likeness (QED) is 0.497. The molecular formula is C27H28FN3O6S. The van der Waals surface area contributed by atoms with Gasteiger partial charge in [-0.2, -0.15) is 0 Å². The summed E-state index contributed by atoms with van der Waals surface area (Å²) in [6, 6.07) is 10.3. The molecule has 0 spiro atoms. The molecule has 2 aliphatic heterocycles. The first kappa shape index (κ1) is 27.2. The molecule has 9 nitrogen and oxygen atoms in total. The molecule has 2 saturated heterocycles. The molecule has 0 atom stereocenters. The maximum atomic E-state index is 13.1. The second-order valence-corrected chi connectivity index (χ2v) is 9.78. The van der Waals surface area contributed by atoms with Crippen LogP contribution < -0.4 is 14.8 Å². The van der Waals surface area contributed by atoms with Gasteiger partial charge in [0.2, 0.25) is 5.91 Å². The minimum absolute atomic E-state index is 0.132. The molecule has 2 aromatic carbocycles. The monoisotopic (exact) mass is 541 g/mol. The Morgan fingerprint density at radius 3 is 2.45 bits per heavy atom. The first-order chi connectivity index (χ1) is 18.4. The zero-order chi connectivity index (χ0) is 27.1. The number of anilines is 1. The van der Waals surface area contributed by atoms with E-state index in [1.165, 1.54) is 37.5 Å². The fraction of sp³-hybridized carbons (Fsp3) is 0.333. The van der Waals surface area contributed by atoms with Crippen molar-refractivity contribution in [1.82, 2.24) is 9.80 Å². The third kappa shape index (κ3) is 6.71. The highest BCUT2D eigenvalue weighted by Gasteiger charge is 2.37. The molecule has 2 aromatic rings. The second kappa shape index (κ2) is 12.6. The van der Waals surface area contributed by atoms with Crippen molar-refractivity contribution in [2.45, 2.75) is 25.7 Å². The third-order valence-corrected chi connectivity index (χ3v) is 7.02. The number of imide groups is 1. The number of carbonyl (C=O) groups is 4. The largest absolute Gasteiger partial charge is 0.493 e. The van der Waals surface area contributed by atoms with Crippen molar-refractivity contribution in [1.29, 1.82) is 0 Å². The number of benzene rings is 2. The van der Waals surface area contributed by atoms with Crippen molar-refractivity contribution in [2.24, 2.45) is 0 Å². The number of ether oxygens (including phenoxy) is 2. The maximum absolute atomic E-state index is 13.1. The lowest BCUT2D eigenvalue weighted by molar-refractivity contribution is -0.135. The predicted octanol–water partition coefficient (Wildman–Crippen LogP) is 4.29. The molecule has 200 valence electrons. The van der Waals surface area contributed by atoms with Gasteiger partial charge < -0.3 is 19.7 Å². The fourth-order valence-electron chi connectivity index (χ4n) is 4.16. The summed E-state index contributed by atoms with van der Waals surface area (Å²) in [4.78, 5) is 53.6. The molecule has 0 saturated carbocycles. The third-order valence-electron chi connectivity index (χ3n) is 6.12. The summed E-state index contributed by atoms with van der Waals surface area (Å²) in [7, 11) is 1.44. The molecule has 0 bridgehead atoms. The average Bonchev–Trinajstić information content (AvgIpc) is 3.09. The summed E-state index contributed by atoms with van der Waals surface area (Å²) in [5.41, 5.74) is 0.826. The van der Waals surface area contributed by atoms with Gasteiger partial charge in [0.25, 0.3) is 17.1 Å². The number of amides is 4. The van der Waals surface area contributed by atoms with Crippen LogP contribution in [0.5, 0.6) is 11.5 Å². The Labute approximate surface area is 223 Å². The molecule has 0 aromatic heterocycles. The minimum Gasteiger partial charge on any atom is -0.493 e. The van der Waals surface area contributed by atoms with E-state index in [9.17, 15) is 23.6 Å². The van der Waals surface area contributed by atoms with Crippen LogP contribution in [0.4, 0.5) is 14.9 Å². The average molecular weight is 542 g/mol. The van der Waals surface area contributed by atoms with Crippen LogP contribution >= 0.6 is 11.8 Å². The van der Waals surface area contributed by atoms with Gasteiger partial charge in [-0.25, -0.2) is 4.39 Å². The number of hydrogen-bond acceptors (Lipinski definition) is 7. The number of thioether (sulfide) groups is 1. The van der Waals surface area contributed by atoms with E-state index in [1.807, 2.05) is 0 Å². The second-order valence-electron chi connectivity index (χ2n) is 8.79. The van der Waals surface area contributed by atoms with Gasteiger partial charge in [0.1, 0.15) is 12.4 Å². The Hall–Kier alpha value is -3.86. The van der Waals surface area contributed by atoms with Crippen molar-refractivity contribution in [3.05, 3.63) is 58.8 Å². The van der Waals surface area contributed by atoms with Crippen molar-refractivity contribution in [3.8, 4) is 11.5 Å². The maximum Gasteiger partial charge on any atom is 0.294 e. The van der Waals surface area contributed by atoms with Crippen LogP contribution in [-0.2, 0) is 14.4 Å². The van der Waals surface area contributed by atoms with E-state index in [0.717, 1.165) is 42.3 Å². The van der Waals surface area contributed by atoms with Crippen LogP contribution in [0.3, 0.4) is 0 Å². The Kier molecular flexibility index (Phi) is 9.01. The number of hydrogen-bond donors (Lipinski definition) is 1. The van der Waals surface area contributed by atoms with Gasteiger partial charge in [0.05, 0.1) is 12.0 Å². The van der Waals surface area contributed by atoms with Gasteiger partial charge in [-0.3, -0.25) is 24.1 Å². The highest BCUT2D eigenvalue weighted by molar-refractivity contribution is 8.18. The molecule has 11 heteroatoms. The Morgan fingerprint density at radius 2 is 1.76 bits per heavy atom. The summed E-state index contributed by atoms with van der Waals surface area (Å²) in [5, 5.41) is 2.08. The molecule has 0 radical (unpaired) electrons. The molecule has 4 rings (SSSR count). The van der Waals surface area contributed by atoms with Crippen molar-refractivity contribution >= 4 is 46.5 Å². The summed E-state index contributed by atoms with van der Waals surface area (Å²) in [6.45, 7) is 0.575. The Balaban J connectivity index is 1.46. The lowest BCUT2D eigenvalue weighted by Crippen LogP contribution is -2.42. The molecule has 4 amide bonds. The van der Waals surface area contributed by atoms with E-state index in [-0.39, 0.29) is 29.7 Å². The number of methoxy groups -OCH3 is 1. The van der Waals surface area contributed by atoms with Crippen LogP contribution in [-0.4, -0.2) is 66.1 Å². The summed E-state index contributed by atoms with van der Waals surface area (Å²) < 4.78 is 24.2. The first-order valence-electron chi connectivity index (χ1n) is 12.2. The highest BCUT2D eigenvalue weighted by atomic mass is 32.2. The van der Waals surface area contributed by atoms with Crippen molar-refractivity contribution in [3.63, 3.8) is 0 Å². The molecule has 0 aliphatic carbocycles. The normalized spacial score (nSPS) is 16.9. The first-order valence-corrected chi connectivity index (χ1v) is 13.1. The molecule has 0 unspecified atom stereocenters. The predicted molar refractivity (Wildman–Crippen MR) is 141 cm³/mol. The van der Waals surface area contributed by atoms with Gasteiger partial charge in [-0.15, -0.1) is 0 Å². The lowest BCUT2D eigenvalue weighted by Gasteiger charge is -2.22. The summed E-state index contributed by atoms with van der Waals surface area (Å²) in [5.74, 6) is -1.19. The molecule has 2 aliphatic rings. The van der Waals surface area contributed by atoms with Gasteiger partial charge >= 0.3 is 0 Å². The van der Waals surface area contributed by atoms with Crippen LogP contribution in [0.2, 0.25) is 0 Å². The minimum atomic E-state index is -0.564.